The summed E-state index contributed by atoms with van der Waals surface area (Å²) in [7, 11) is 3.87. The van der Waals surface area contributed by atoms with Crippen LogP contribution < -0.4 is 16.0 Å². The van der Waals surface area contributed by atoms with E-state index in [9.17, 15) is 0 Å². The predicted octanol–water partition coefficient (Wildman–Crippen LogP) is 2.20. The van der Waals surface area contributed by atoms with Crippen LogP contribution in [0.25, 0.3) is 11.1 Å². The summed E-state index contributed by atoms with van der Waals surface area (Å²) in [5.41, 5.74) is 4.43. The fraction of sp³-hybridized carbons (Fsp3) is 0.450. The zero-order chi connectivity index (χ0) is 19.7. The maximum Gasteiger partial charge on any atom is 0.149 e. The molecule has 8 nitrogen and oxygen atoms in total. The molecular weight excluding hydrogens is 352 g/mol. The first-order valence-corrected chi connectivity index (χ1v) is 9.71. The number of rotatable bonds is 6. The lowest BCUT2D eigenvalue weighted by Crippen LogP contribution is -2.48. The second kappa shape index (κ2) is 7.63. The first-order chi connectivity index (χ1) is 13.5. The highest BCUT2D eigenvalue weighted by Gasteiger charge is 2.24. The Kier molecular flexibility index (Phi) is 5.04. The highest BCUT2D eigenvalue weighted by Crippen LogP contribution is 2.29. The van der Waals surface area contributed by atoms with Crippen LogP contribution in [0.4, 0.5) is 11.5 Å². The van der Waals surface area contributed by atoms with Crippen molar-refractivity contribution in [3.8, 4) is 11.1 Å². The van der Waals surface area contributed by atoms with Crippen LogP contribution in [-0.4, -0.2) is 49.7 Å². The van der Waals surface area contributed by atoms with Crippen molar-refractivity contribution in [2.75, 3.05) is 23.7 Å². The van der Waals surface area contributed by atoms with Gasteiger partial charge in [0.25, 0.3) is 0 Å². The van der Waals surface area contributed by atoms with Crippen molar-refractivity contribution in [1.29, 1.82) is 0 Å². The number of aryl methyl sites for hydroxylation is 2. The molecule has 0 aliphatic carbocycles. The van der Waals surface area contributed by atoms with Crippen molar-refractivity contribution >= 4 is 11.5 Å². The Balaban J connectivity index is 1.36. The van der Waals surface area contributed by atoms with Crippen molar-refractivity contribution in [3.05, 3.63) is 42.6 Å². The van der Waals surface area contributed by atoms with Gasteiger partial charge < -0.3 is 16.0 Å². The van der Waals surface area contributed by atoms with Crippen LogP contribution in [0.15, 0.2) is 37.1 Å². The summed E-state index contributed by atoms with van der Waals surface area (Å²) < 4.78 is 3.65. The second-order valence-corrected chi connectivity index (χ2v) is 7.70. The van der Waals surface area contributed by atoms with Gasteiger partial charge in [-0.2, -0.15) is 10.2 Å². The van der Waals surface area contributed by atoms with Gasteiger partial charge >= 0.3 is 0 Å². The molecule has 28 heavy (non-hydrogen) atoms. The van der Waals surface area contributed by atoms with Gasteiger partial charge in [0.15, 0.2) is 0 Å². The first kappa shape index (κ1) is 18.5. The van der Waals surface area contributed by atoms with Gasteiger partial charge in [0.05, 0.1) is 24.1 Å². The minimum absolute atomic E-state index is 0.269. The smallest absolute Gasteiger partial charge is 0.149 e. The quantitative estimate of drug-likeness (QED) is 0.608. The second-order valence-electron chi connectivity index (χ2n) is 7.70. The Morgan fingerprint density at radius 3 is 2.61 bits per heavy atom. The zero-order valence-electron chi connectivity index (χ0n) is 16.8. The molecule has 3 aromatic rings. The number of nitrogens with one attached hydrogen (secondary N) is 3. The van der Waals surface area contributed by atoms with E-state index in [1.54, 1.807) is 4.68 Å². The van der Waals surface area contributed by atoms with Gasteiger partial charge in [-0.05, 0) is 24.5 Å². The van der Waals surface area contributed by atoms with Crippen LogP contribution in [-0.2, 0) is 14.1 Å². The molecule has 148 valence electrons. The predicted molar refractivity (Wildman–Crippen MR) is 111 cm³/mol. The number of aromatic nitrogens is 5. The Bertz CT molecular complexity index is 943. The zero-order valence-corrected chi connectivity index (χ0v) is 16.8. The van der Waals surface area contributed by atoms with E-state index < -0.39 is 0 Å². The van der Waals surface area contributed by atoms with Crippen molar-refractivity contribution in [2.24, 2.45) is 14.1 Å². The van der Waals surface area contributed by atoms with E-state index in [0.29, 0.717) is 12.0 Å². The van der Waals surface area contributed by atoms with Gasteiger partial charge in [0.1, 0.15) is 5.82 Å². The molecule has 0 aromatic carbocycles. The molecule has 0 unspecified atom stereocenters. The molecule has 3 atom stereocenters. The molecular formula is C20H28N8. The summed E-state index contributed by atoms with van der Waals surface area (Å²) in [5, 5.41) is 19.3. The van der Waals surface area contributed by atoms with Gasteiger partial charge in [-0.1, -0.05) is 6.92 Å². The highest BCUT2D eigenvalue weighted by molar-refractivity contribution is 5.75. The Hall–Kier alpha value is -2.87. The lowest BCUT2D eigenvalue weighted by Gasteiger charge is -2.32. The molecule has 4 heterocycles. The lowest BCUT2D eigenvalue weighted by molar-refractivity contribution is 0.467. The fourth-order valence-electron chi connectivity index (χ4n) is 3.51. The van der Waals surface area contributed by atoms with E-state index >= 15 is 0 Å². The number of hydrogen-bond donors (Lipinski definition) is 3. The van der Waals surface area contributed by atoms with Gasteiger partial charge in [-0.3, -0.25) is 9.36 Å². The highest BCUT2D eigenvalue weighted by atomic mass is 15.2. The molecule has 0 fully saturated rings. The maximum atomic E-state index is 4.63. The molecule has 1 aliphatic heterocycles. The Labute approximate surface area is 165 Å². The molecule has 0 amide bonds. The van der Waals surface area contributed by atoms with E-state index in [1.165, 1.54) is 5.56 Å². The SMILES string of the molecule is C[C@H](CN[C@H](C)[C@H]1CNc2cc(-c3cnn(C)c3)cnc2N1)c1cnn(C)c1. The van der Waals surface area contributed by atoms with Gasteiger partial charge in [0, 0.05) is 62.9 Å². The van der Waals surface area contributed by atoms with Crippen LogP contribution in [0.5, 0.6) is 0 Å². The molecule has 0 bridgehead atoms. The van der Waals surface area contributed by atoms with E-state index in [1.807, 2.05) is 43.6 Å². The minimum Gasteiger partial charge on any atom is -0.380 e. The number of pyridine rings is 1. The molecule has 1 aliphatic rings. The molecule has 0 radical (unpaired) electrons. The molecule has 0 spiro atoms. The van der Waals surface area contributed by atoms with E-state index in [2.05, 4.69) is 57.2 Å². The molecule has 3 aromatic heterocycles. The summed E-state index contributed by atoms with van der Waals surface area (Å²) in [6.45, 7) is 6.19. The normalized spacial score (nSPS) is 18.1. The molecule has 3 N–H and O–H groups in total. The summed E-state index contributed by atoms with van der Waals surface area (Å²) in [4.78, 5) is 4.63. The third-order valence-corrected chi connectivity index (χ3v) is 5.40. The maximum absolute atomic E-state index is 4.63. The minimum atomic E-state index is 0.269. The average molecular weight is 381 g/mol. The summed E-state index contributed by atoms with van der Waals surface area (Å²) in [6.07, 6.45) is 9.78. The molecule has 0 saturated carbocycles. The third kappa shape index (κ3) is 3.87. The van der Waals surface area contributed by atoms with Crippen molar-refractivity contribution in [1.82, 2.24) is 29.9 Å². The van der Waals surface area contributed by atoms with E-state index in [-0.39, 0.29) is 6.04 Å². The number of anilines is 2. The van der Waals surface area contributed by atoms with Crippen molar-refractivity contribution < 1.29 is 0 Å². The van der Waals surface area contributed by atoms with Crippen LogP contribution in [0, 0.1) is 0 Å². The summed E-state index contributed by atoms with van der Waals surface area (Å²) in [5.74, 6) is 1.32. The summed E-state index contributed by atoms with van der Waals surface area (Å²) >= 11 is 0. The van der Waals surface area contributed by atoms with Gasteiger partial charge in [-0.15, -0.1) is 0 Å². The van der Waals surface area contributed by atoms with Gasteiger partial charge in [0.2, 0.25) is 0 Å². The van der Waals surface area contributed by atoms with E-state index in [0.717, 1.165) is 35.7 Å². The van der Waals surface area contributed by atoms with E-state index in [4.69, 9.17) is 0 Å². The molecule has 4 rings (SSSR count). The standard InChI is InChI=1S/C20H28N8/c1-13(16-8-24-27(3)11-16)6-21-14(2)19-10-22-18-5-15(7-23-20(18)26-19)17-9-25-28(4)12-17/h5,7-9,11-14,19,21-22H,6,10H2,1-4H3,(H,23,26)/t13-,14-,19-/m1/s1. The average Bonchev–Trinajstić information content (AvgIpc) is 3.33. The number of nitrogens with zero attached hydrogens (tertiary/aromatic N) is 5. The Morgan fingerprint density at radius 1 is 1.11 bits per heavy atom. The monoisotopic (exact) mass is 380 g/mol. The first-order valence-electron chi connectivity index (χ1n) is 9.71. The van der Waals surface area contributed by atoms with Crippen LogP contribution in [0.3, 0.4) is 0 Å². The molecule has 0 saturated heterocycles. The largest absolute Gasteiger partial charge is 0.380 e. The summed E-state index contributed by atoms with van der Waals surface area (Å²) in [6, 6.07) is 2.70. The van der Waals surface area contributed by atoms with Gasteiger partial charge in [-0.25, -0.2) is 4.98 Å². The lowest BCUT2D eigenvalue weighted by atomic mass is 10.0. The number of fused-ring (bicyclic) bond motifs is 1. The van der Waals surface area contributed by atoms with Crippen LogP contribution >= 0.6 is 0 Å². The topological polar surface area (TPSA) is 84.6 Å². The Morgan fingerprint density at radius 2 is 1.89 bits per heavy atom. The number of hydrogen-bond acceptors (Lipinski definition) is 6. The van der Waals surface area contributed by atoms with Crippen LogP contribution in [0.1, 0.15) is 25.3 Å². The molecule has 8 heteroatoms. The van der Waals surface area contributed by atoms with Crippen molar-refractivity contribution in [3.63, 3.8) is 0 Å². The third-order valence-electron chi connectivity index (χ3n) is 5.40. The fourth-order valence-corrected chi connectivity index (χ4v) is 3.51. The van der Waals surface area contributed by atoms with Crippen molar-refractivity contribution in [2.45, 2.75) is 31.8 Å². The van der Waals surface area contributed by atoms with Crippen LogP contribution in [0.2, 0.25) is 0 Å².